The Bertz CT molecular complexity index is 153. The van der Waals surface area contributed by atoms with E-state index in [0.717, 1.165) is 12.8 Å². The minimum absolute atomic E-state index is 0.138. The van der Waals surface area contributed by atoms with E-state index in [1.54, 1.807) is 6.92 Å². The molecule has 0 unspecified atom stereocenters. The highest BCUT2D eigenvalue weighted by Gasteiger charge is 2.31. The van der Waals surface area contributed by atoms with Gasteiger partial charge < -0.3 is 5.11 Å². The van der Waals surface area contributed by atoms with Crippen molar-refractivity contribution in [1.29, 1.82) is 0 Å². The molecule has 0 atom stereocenters. The van der Waals surface area contributed by atoms with Crippen LogP contribution in [0.25, 0.3) is 0 Å². The second-order valence-corrected chi connectivity index (χ2v) is 3.68. The summed E-state index contributed by atoms with van der Waals surface area (Å²) < 4.78 is 13.2. The summed E-state index contributed by atoms with van der Waals surface area (Å²) in [4.78, 5) is 0. The van der Waals surface area contributed by atoms with Crippen molar-refractivity contribution in [3.8, 4) is 0 Å². The summed E-state index contributed by atoms with van der Waals surface area (Å²) in [6.45, 7) is 5.09. The van der Waals surface area contributed by atoms with Gasteiger partial charge in [-0.25, -0.2) is 4.39 Å². The second-order valence-electron chi connectivity index (χ2n) is 3.68. The first-order chi connectivity index (χ1) is 5.01. The van der Waals surface area contributed by atoms with Crippen LogP contribution < -0.4 is 0 Å². The van der Waals surface area contributed by atoms with E-state index in [2.05, 4.69) is 6.58 Å². The Hall–Kier alpha value is -0.530. The molecule has 1 aliphatic carbocycles. The van der Waals surface area contributed by atoms with Crippen LogP contribution in [0.4, 0.5) is 4.39 Å². The van der Waals surface area contributed by atoms with Crippen LogP contribution in [0, 0.1) is 5.92 Å². The highest BCUT2D eigenvalue weighted by atomic mass is 19.1. The second kappa shape index (κ2) is 2.84. The normalized spacial score (nSPS) is 38.5. The van der Waals surface area contributed by atoms with E-state index < -0.39 is 5.67 Å². The number of alkyl halides is 1. The summed E-state index contributed by atoms with van der Waals surface area (Å²) in [6.07, 6.45) is 2.58. The minimum atomic E-state index is -1.01. The lowest BCUT2D eigenvalue weighted by molar-refractivity contribution is 0.100. The molecule has 1 saturated carbocycles. The highest BCUT2D eigenvalue weighted by molar-refractivity contribution is 4.94. The molecular formula is C9H15FO. The predicted octanol–water partition coefficient (Wildman–Crippen LogP) is 2.98. The van der Waals surface area contributed by atoms with Gasteiger partial charge in [-0.05, 0) is 32.6 Å². The third-order valence-corrected chi connectivity index (χ3v) is 2.50. The van der Waals surface area contributed by atoms with Crippen LogP contribution in [0.15, 0.2) is 12.3 Å². The maximum Gasteiger partial charge on any atom is 0.108 e. The summed E-state index contributed by atoms with van der Waals surface area (Å²) in [5, 5.41) is 9.03. The third-order valence-electron chi connectivity index (χ3n) is 2.50. The number of hydrogen-bond donors (Lipinski definition) is 1. The predicted molar refractivity (Wildman–Crippen MR) is 43.2 cm³/mol. The van der Waals surface area contributed by atoms with E-state index in [0.29, 0.717) is 12.8 Å². The Morgan fingerprint density at radius 2 is 2.00 bits per heavy atom. The SMILES string of the molecule is C=C(O)C1CCC(C)(F)CC1. The van der Waals surface area contributed by atoms with Gasteiger partial charge in [0.15, 0.2) is 0 Å². The Balaban J connectivity index is 2.42. The molecule has 64 valence electrons. The average Bonchev–Trinajstić information content (AvgIpc) is 1.86. The summed E-state index contributed by atoms with van der Waals surface area (Å²) in [5.74, 6) is 0.360. The third kappa shape index (κ3) is 2.21. The van der Waals surface area contributed by atoms with Gasteiger partial charge in [-0.2, -0.15) is 0 Å². The molecule has 0 aromatic heterocycles. The molecule has 0 heterocycles. The number of aliphatic hydroxyl groups is 1. The molecule has 1 aliphatic rings. The lowest BCUT2D eigenvalue weighted by atomic mass is 9.80. The fourth-order valence-electron chi connectivity index (χ4n) is 1.55. The van der Waals surface area contributed by atoms with Crippen LogP contribution >= 0.6 is 0 Å². The molecule has 0 bridgehead atoms. The van der Waals surface area contributed by atoms with Crippen molar-refractivity contribution in [2.45, 2.75) is 38.3 Å². The molecule has 0 aromatic carbocycles. The van der Waals surface area contributed by atoms with E-state index in [1.807, 2.05) is 0 Å². The van der Waals surface area contributed by atoms with Crippen LogP contribution in [-0.2, 0) is 0 Å². The largest absolute Gasteiger partial charge is 0.513 e. The van der Waals surface area contributed by atoms with Crippen LogP contribution in [0.1, 0.15) is 32.6 Å². The van der Waals surface area contributed by atoms with Crippen LogP contribution in [0.3, 0.4) is 0 Å². The topological polar surface area (TPSA) is 20.2 Å². The van der Waals surface area contributed by atoms with E-state index in [4.69, 9.17) is 5.11 Å². The fourth-order valence-corrected chi connectivity index (χ4v) is 1.55. The van der Waals surface area contributed by atoms with Gasteiger partial charge in [-0.15, -0.1) is 0 Å². The zero-order chi connectivity index (χ0) is 8.48. The van der Waals surface area contributed by atoms with E-state index in [9.17, 15) is 4.39 Å². The van der Waals surface area contributed by atoms with Crippen LogP contribution in [-0.4, -0.2) is 10.8 Å². The van der Waals surface area contributed by atoms with Crippen molar-refractivity contribution >= 4 is 0 Å². The molecular weight excluding hydrogens is 143 g/mol. The van der Waals surface area contributed by atoms with Crippen LogP contribution in [0.5, 0.6) is 0 Å². The first-order valence-corrected chi connectivity index (χ1v) is 4.08. The minimum Gasteiger partial charge on any atom is -0.513 e. The van der Waals surface area contributed by atoms with E-state index in [-0.39, 0.29) is 11.7 Å². The summed E-state index contributed by atoms with van der Waals surface area (Å²) in [7, 11) is 0. The van der Waals surface area contributed by atoms with Gasteiger partial charge in [0.25, 0.3) is 0 Å². The Morgan fingerprint density at radius 3 is 2.36 bits per heavy atom. The Labute approximate surface area is 66.9 Å². The van der Waals surface area contributed by atoms with Gasteiger partial charge >= 0.3 is 0 Å². The first-order valence-electron chi connectivity index (χ1n) is 4.08. The lowest BCUT2D eigenvalue weighted by Crippen LogP contribution is -2.26. The molecule has 1 N–H and O–H groups in total. The molecule has 2 heteroatoms. The molecule has 0 spiro atoms. The summed E-state index contributed by atoms with van der Waals surface area (Å²) >= 11 is 0. The van der Waals surface area contributed by atoms with Crippen molar-refractivity contribution in [2.75, 3.05) is 0 Å². The molecule has 1 fully saturated rings. The monoisotopic (exact) mass is 158 g/mol. The number of rotatable bonds is 1. The van der Waals surface area contributed by atoms with Gasteiger partial charge in [-0.1, -0.05) is 6.58 Å². The number of aliphatic hydroxyl groups excluding tert-OH is 1. The molecule has 1 rings (SSSR count). The Kier molecular flexibility index (Phi) is 2.21. The molecule has 1 nitrogen and oxygen atoms in total. The van der Waals surface area contributed by atoms with E-state index in [1.165, 1.54) is 0 Å². The quantitative estimate of drug-likeness (QED) is 0.581. The average molecular weight is 158 g/mol. The maximum atomic E-state index is 13.2. The first kappa shape index (κ1) is 8.57. The van der Waals surface area contributed by atoms with Crippen molar-refractivity contribution < 1.29 is 9.50 Å². The standard InChI is InChI=1S/C9H15FO/c1-7(11)8-3-5-9(2,10)6-4-8/h8,11H,1,3-6H2,2H3. The molecule has 0 radical (unpaired) electrons. The molecule has 0 aromatic rings. The highest BCUT2D eigenvalue weighted by Crippen LogP contribution is 2.36. The van der Waals surface area contributed by atoms with Gasteiger partial charge in [0, 0.05) is 5.92 Å². The van der Waals surface area contributed by atoms with Crippen LogP contribution in [0.2, 0.25) is 0 Å². The van der Waals surface area contributed by atoms with Crippen molar-refractivity contribution in [1.82, 2.24) is 0 Å². The fraction of sp³-hybridized carbons (Fsp3) is 0.778. The van der Waals surface area contributed by atoms with Gasteiger partial charge in [-0.3, -0.25) is 0 Å². The number of halogens is 1. The van der Waals surface area contributed by atoms with E-state index >= 15 is 0 Å². The molecule has 0 amide bonds. The lowest BCUT2D eigenvalue weighted by Gasteiger charge is -2.30. The van der Waals surface area contributed by atoms with Gasteiger partial charge in [0.2, 0.25) is 0 Å². The molecule has 0 aliphatic heterocycles. The maximum absolute atomic E-state index is 13.2. The zero-order valence-electron chi connectivity index (χ0n) is 6.94. The smallest absolute Gasteiger partial charge is 0.108 e. The van der Waals surface area contributed by atoms with Crippen molar-refractivity contribution in [3.05, 3.63) is 12.3 Å². The van der Waals surface area contributed by atoms with Gasteiger partial charge in [0.05, 0.1) is 5.76 Å². The zero-order valence-corrected chi connectivity index (χ0v) is 6.94. The van der Waals surface area contributed by atoms with Crippen molar-refractivity contribution in [3.63, 3.8) is 0 Å². The number of hydrogen-bond acceptors (Lipinski definition) is 1. The number of allylic oxidation sites excluding steroid dienone is 1. The molecule has 0 saturated heterocycles. The summed E-state index contributed by atoms with van der Waals surface area (Å²) in [6, 6.07) is 0. The summed E-state index contributed by atoms with van der Waals surface area (Å²) in [5.41, 5.74) is -1.01. The Morgan fingerprint density at radius 1 is 1.55 bits per heavy atom. The van der Waals surface area contributed by atoms with Gasteiger partial charge in [0.1, 0.15) is 5.67 Å². The molecule has 11 heavy (non-hydrogen) atoms. The van der Waals surface area contributed by atoms with Crippen molar-refractivity contribution in [2.24, 2.45) is 5.92 Å².